The molecular formula is C40H61N5O7. The van der Waals surface area contributed by atoms with Crippen LogP contribution in [0.4, 0.5) is 0 Å². The Balaban J connectivity index is 1.87. The number of carbonyl (C=O) groups is 4. The Hall–Kier alpha value is -3.68. The van der Waals surface area contributed by atoms with Crippen molar-refractivity contribution < 1.29 is 34.1 Å². The summed E-state index contributed by atoms with van der Waals surface area (Å²) in [7, 11) is 0. The maximum atomic E-state index is 14.2. The first-order valence-electron chi connectivity index (χ1n) is 18.6. The van der Waals surface area contributed by atoms with Crippen LogP contribution in [0, 0.1) is 11.8 Å². The van der Waals surface area contributed by atoms with Crippen molar-refractivity contribution in [3.63, 3.8) is 0 Å². The maximum absolute atomic E-state index is 14.2. The molecular weight excluding hydrogens is 662 g/mol. The van der Waals surface area contributed by atoms with Crippen LogP contribution >= 0.6 is 0 Å². The lowest BCUT2D eigenvalue weighted by Crippen LogP contribution is -2.60. The minimum Gasteiger partial charge on any atom is -0.393 e. The molecule has 1 saturated heterocycles. The molecule has 0 radical (unpaired) electrons. The normalized spacial score (nSPS) is 18.2. The molecule has 1 aliphatic heterocycles. The second kappa shape index (κ2) is 21.1. The summed E-state index contributed by atoms with van der Waals surface area (Å²) in [4.78, 5) is 56.3. The molecule has 1 heterocycles. The standard InChI is InChI=1S/C40H61N5O7/c1-27(2)21-33(37(48)40(6,51)26-46)43-39(50)35(23-31-15-11-8-12-16-31)44-38(49)34(22-28(3)4)42-24-32(18-17-30-13-9-7-10-14-30)45(29(5)47)36-25-41-19-20-52-36/h7-16,27-28,32-36,41-42,46,51H,17-26H2,1-6H3,(H,43,50)(H,44,49)/t32-,33-,34-,35-,36?,40+/m0/s1. The number of rotatable bonds is 21. The number of nitrogens with one attached hydrogen (secondary N) is 4. The average Bonchev–Trinajstić information content (AvgIpc) is 3.11. The number of ether oxygens (including phenoxy) is 1. The van der Waals surface area contributed by atoms with Crippen molar-refractivity contribution in [3.05, 3.63) is 71.8 Å². The van der Waals surface area contributed by atoms with Crippen molar-refractivity contribution in [3.8, 4) is 0 Å². The van der Waals surface area contributed by atoms with E-state index < -0.39 is 48.3 Å². The van der Waals surface area contributed by atoms with Gasteiger partial charge in [-0.1, -0.05) is 88.4 Å². The summed E-state index contributed by atoms with van der Waals surface area (Å²) in [6.45, 7) is 11.8. The number of morpholine rings is 1. The smallest absolute Gasteiger partial charge is 0.243 e. The fourth-order valence-corrected chi connectivity index (χ4v) is 6.54. The van der Waals surface area contributed by atoms with E-state index in [1.54, 1.807) is 4.90 Å². The number of hydrogen-bond acceptors (Lipinski definition) is 9. The van der Waals surface area contributed by atoms with Gasteiger partial charge in [0.05, 0.1) is 25.3 Å². The molecule has 0 spiro atoms. The van der Waals surface area contributed by atoms with Gasteiger partial charge in [-0.3, -0.25) is 19.2 Å². The van der Waals surface area contributed by atoms with Gasteiger partial charge in [-0.25, -0.2) is 0 Å². The zero-order chi connectivity index (χ0) is 38.3. The van der Waals surface area contributed by atoms with Crippen LogP contribution < -0.4 is 21.3 Å². The van der Waals surface area contributed by atoms with Crippen LogP contribution in [0.5, 0.6) is 0 Å². The molecule has 3 amide bonds. The Morgan fingerprint density at radius 2 is 1.44 bits per heavy atom. The van der Waals surface area contributed by atoms with Gasteiger partial charge in [0.25, 0.3) is 0 Å². The van der Waals surface area contributed by atoms with E-state index in [0.717, 1.165) is 17.5 Å². The number of aliphatic hydroxyl groups excluding tert-OH is 1. The number of aliphatic hydroxyl groups is 2. The molecule has 1 aliphatic rings. The molecule has 6 N–H and O–H groups in total. The van der Waals surface area contributed by atoms with Crippen molar-refractivity contribution in [2.75, 3.05) is 32.8 Å². The Bertz CT molecular complexity index is 1400. The lowest BCUT2D eigenvalue weighted by Gasteiger charge is -2.40. The van der Waals surface area contributed by atoms with E-state index in [2.05, 4.69) is 33.4 Å². The topological polar surface area (TPSA) is 169 Å². The zero-order valence-corrected chi connectivity index (χ0v) is 31.8. The molecule has 0 aromatic heterocycles. The quantitative estimate of drug-likeness (QED) is 0.113. The Kier molecular flexibility index (Phi) is 17.4. The maximum Gasteiger partial charge on any atom is 0.243 e. The minimum atomic E-state index is -2.04. The summed E-state index contributed by atoms with van der Waals surface area (Å²) >= 11 is 0. The first-order chi connectivity index (χ1) is 24.7. The summed E-state index contributed by atoms with van der Waals surface area (Å²) in [5.74, 6) is -1.66. The van der Waals surface area contributed by atoms with E-state index in [1.165, 1.54) is 13.8 Å². The van der Waals surface area contributed by atoms with Gasteiger partial charge >= 0.3 is 0 Å². The van der Waals surface area contributed by atoms with Crippen LogP contribution in [0.1, 0.15) is 71.9 Å². The molecule has 12 heteroatoms. The third-order valence-corrected chi connectivity index (χ3v) is 9.30. The van der Waals surface area contributed by atoms with Gasteiger partial charge in [0.2, 0.25) is 17.7 Å². The summed E-state index contributed by atoms with van der Waals surface area (Å²) in [6, 6.07) is 16.2. The van der Waals surface area contributed by atoms with Gasteiger partial charge in [0.15, 0.2) is 5.78 Å². The van der Waals surface area contributed by atoms with E-state index in [4.69, 9.17) is 4.74 Å². The highest BCUT2D eigenvalue weighted by molar-refractivity contribution is 5.97. The number of Topliss-reactive ketones (excluding diaryl/α,β-unsaturated/α-hetero) is 1. The molecule has 0 aliphatic carbocycles. The lowest BCUT2D eigenvalue weighted by molar-refractivity contribution is -0.152. The van der Waals surface area contributed by atoms with Crippen LogP contribution in [-0.2, 0) is 36.8 Å². The van der Waals surface area contributed by atoms with E-state index in [0.29, 0.717) is 39.1 Å². The number of hydrogen-bond donors (Lipinski definition) is 6. The monoisotopic (exact) mass is 723 g/mol. The summed E-state index contributed by atoms with van der Waals surface area (Å²) in [5, 5.41) is 32.8. The number of nitrogens with zero attached hydrogens (tertiary/aromatic N) is 1. The highest BCUT2D eigenvalue weighted by Crippen LogP contribution is 2.18. The van der Waals surface area contributed by atoms with Crippen LogP contribution in [0.2, 0.25) is 0 Å². The molecule has 6 atom stereocenters. The van der Waals surface area contributed by atoms with E-state index in [-0.39, 0.29) is 42.5 Å². The van der Waals surface area contributed by atoms with Gasteiger partial charge in [0.1, 0.15) is 17.9 Å². The Labute approximate surface area is 309 Å². The minimum absolute atomic E-state index is 0.00951. The Morgan fingerprint density at radius 1 is 0.885 bits per heavy atom. The Morgan fingerprint density at radius 3 is 1.98 bits per heavy atom. The molecule has 12 nitrogen and oxygen atoms in total. The molecule has 2 aromatic rings. The van der Waals surface area contributed by atoms with Crippen LogP contribution in [0.3, 0.4) is 0 Å². The fraction of sp³-hybridized carbons (Fsp3) is 0.600. The second-order valence-electron chi connectivity index (χ2n) is 15.0. The van der Waals surface area contributed by atoms with Crippen LogP contribution in [0.15, 0.2) is 60.7 Å². The van der Waals surface area contributed by atoms with Gasteiger partial charge in [-0.15, -0.1) is 0 Å². The molecule has 2 aromatic carbocycles. The number of amides is 3. The molecule has 0 saturated carbocycles. The highest BCUT2D eigenvalue weighted by Gasteiger charge is 2.38. The van der Waals surface area contributed by atoms with Gasteiger partial charge in [-0.2, -0.15) is 0 Å². The summed E-state index contributed by atoms with van der Waals surface area (Å²) in [6.07, 6.45) is 1.77. The molecule has 1 unspecified atom stereocenters. The molecule has 0 bridgehead atoms. The van der Waals surface area contributed by atoms with E-state index >= 15 is 0 Å². The predicted molar refractivity (Wildman–Crippen MR) is 201 cm³/mol. The molecule has 52 heavy (non-hydrogen) atoms. The zero-order valence-electron chi connectivity index (χ0n) is 31.8. The second-order valence-corrected chi connectivity index (χ2v) is 15.0. The highest BCUT2D eigenvalue weighted by atomic mass is 16.5. The van der Waals surface area contributed by atoms with Crippen molar-refractivity contribution in [2.45, 2.75) is 110 Å². The van der Waals surface area contributed by atoms with E-state index in [9.17, 15) is 29.4 Å². The van der Waals surface area contributed by atoms with Gasteiger partial charge in [0, 0.05) is 39.0 Å². The van der Waals surface area contributed by atoms with Crippen LogP contribution in [-0.4, -0.2) is 107 Å². The van der Waals surface area contributed by atoms with Crippen molar-refractivity contribution in [1.29, 1.82) is 0 Å². The largest absolute Gasteiger partial charge is 0.393 e. The van der Waals surface area contributed by atoms with Gasteiger partial charge in [-0.05, 0) is 55.6 Å². The number of aryl methyl sites for hydroxylation is 1. The fourth-order valence-electron chi connectivity index (χ4n) is 6.54. The first kappa shape index (κ1) is 42.7. The van der Waals surface area contributed by atoms with Crippen LogP contribution in [0.25, 0.3) is 0 Å². The molecule has 288 valence electrons. The molecule has 3 rings (SSSR count). The molecule has 1 fully saturated rings. The third kappa shape index (κ3) is 13.7. The first-order valence-corrected chi connectivity index (χ1v) is 18.6. The number of ketones is 1. The van der Waals surface area contributed by atoms with Crippen molar-refractivity contribution in [2.24, 2.45) is 11.8 Å². The predicted octanol–water partition coefficient (Wildman–Crippen LogP) is 2.36. The summed E-state index contributed by atoms with van der Waals surface area (Å²) < 4.78 is 6.03. The number of carbonyl (C=O) groups excluding carboxylic acids is 4. The van der Waals surface area contributed by atoms with Crippen molar-refractivity contribution >= 4 is 23.5 Å². The number of benzene rings is 2. The van der Waals surface area contributed by atoms with Gasteiger partial charge < -0.3 is 41.1 Å². The average molecular weight is 724 g/mol. The SMILES string of the molecule is CC(=O)N(C1CNCCO1)[C@@H](CCc1ccccc1)CN[C@@H](CC(C)C)C(=O)N[C@@H](Cc1ccccc1)C(=O)N[C@@H](CC(C)C)C(=O)[C@](C)(O)CO. The third-order valence-electron chi connectivity index (χ3n) is 9.30. The lowest BCUT2D eigenvalue weighted by atomic mass is 9.90. The van der Waals surface area contributed by atoms with Crippen molar-refractivity contribution in [1.82, 2.24) is 26.2 Å². The van der Waals surface area contributed by atoms with E-state index in [1.807, 2.05) is 76.2 Å². The summed E-state index contributed by atoms with van der Waals surface area (Å²) in [5.41, 5.74) is -0.0925.